The Morgan fingerprint density at radius 2 is 0.912 bits per heavy atom. The predicted molar refractivity (Wildman–Crippen MR) is 284 cm³/mol. The number of hydrogen-bond donors (Lipinski definition) is 0. The van der Waals surface area contributed by atoms with E-state index in [1.165, 1.54) is 100 Å². The van der Waals surface area contributed by atoms with Gasteiger partial charge in [0.2, 0.25) is 0 Å². The van der Waals surface area contributed by atoms with Gasteiger partial charge in [-0.05, 0) is 162 Å². The first-order valence-electron chi connectivity index (χ1n) is 24.2. The largest absolute Gasteiger partial charge is 0.456 e. The maximum absolute atomic E-state index is 7.25. The van der Waals surface area contributed by atoms with E-state index in [0.717, 1.165) is 57.8 Å². The van der Waals surface area contributed by atoms with Crippen molar-refractivity contribution < 1.29 is 8.83 Å². The minimum Gasteiger partial charge on any atom is -0.456 e. The van der Waals surface area contributed by atoms with Gasteiger partial charge in [0.05, 0.1) is 11.4 Å². The van der Waals surface area contributed by atoms with E-state index in [1.807, 2.05) is 0 Å². The third kappa shape index (κ3) is 5.55. The second-order valence-corrected chi connectivity index (χ2v) is 20.5. The van der Waals surface area contributed by atoms with E-state index < -0.39 is 0 Å². The van der Waals surface area contributed by atoms with E-state index in [4.69, 9.17) is 8.83 Å². The van der Waals surface area contributed by atoms with Crippen molar-refractivity contribution in [1.82, 2.24) is 0 Å². The van der Waals surface area contributed by atoms with Crippen LogP contribution in [-0.4, -0.2) is 0 Å². The number of nitrogens with zero attached hydrogens (tertiary/aromatic N) is 2. The highest BCUT2D eigenvalue weighted by molar-refractivity contribution is 6.20. The number of benzene rings is 8. The Labute approximate surface area is 398 Å². The fraction of sp³-hybridized carbons (Fsp3) is 0.188. The van der Waals surface area contributed by atoms with Gasteiger partial charge in [-0.2, -0.15) is 0 Å². The molecule has 0 spiro atoms. The topological polar surface area (TPSA) is 32.8 Å². The summed E-state index contributed by atoms with van der Waals surface area (Å²) >= 11 is 0. The molecule has 0 atom stereocenters. The molecule has 3 aliphatic carbocycles. The SMILES string of the molecule is Cc1ccccc1N(c1ccccc1C)c1cc2c(c3c1oc1ccccc13)-c1cc3c(cc1C2(C)C)-c1c(cc(N(c2ccccc2C)c2ccccc2C)c2c4c(oc12)C=CCC4)C3(C)C. The van der Waals surface area contributed by atoms with E-state index in [1.54, 1.807) is 0 Å². The van der Waals surface area contributed by atoms with E-state index in [-0.39, 0.29) is 10.8 Å². The number of anilines is 6. The van der Waals surface area contributed by atoms with Gasteiger partial charge < -0.3 is 18.6 Å². The van der Waals surface area contributed by atoms with Crippen molar-refractivity contribution in [1.29, 1.82) is 0 Å². The van der Waals surface area contributed by atoms with Crippen molar-refractivity contribution in [2.75, 3.05) is 9.80 Å². The third-order valence-corrected chi connectivity index (χ3v) is 15.8. The van der Waals surface area contributed by atoms with Crippen LogP contribution in [0.4, 0.5) is 34.1 Å². The number of rotatable bonds is 6. The van der Waals surface area contributed by atoms with Crippen molar-refractivity contribution in [3.05, 3.63) is 208 Å². The number of fused-ring (bicyclic) bond motifs is 14. The van der Waals surface area contributed by atoms with Gasteiger partial charge in [-0.1, -0.05) is 125 Å². The molecular formula is C64H54N2O2. The Kier molecular flexibility index (Phi) is 8.66. The van der Waals surface area contributed by atoms with Crippen molar-refractivity contribution in [2.45, 2.75) is 79.1 Å². The molecule has 0 N–H and O–H groups in total. The van der Waals surface area contributed by atoms with Gasteiger partial charge in [-0.15, -0.1) is 0 Å². The first-order valence-corrected chi connectivity index (χ1v) is 24.2. The summed E-state index contributed by atoms with van der Waals surface area (Å²) in [6.45, 7) is 18.6. The molecule has 0 saturated carbocycles. The first-order chi connectivity index (χ1) is 32.9. The quantitative estimate of drug-likeness (QED) is 0.167. The Morgan fingerprint density at radius 1 is 0.441 bits per heavy atom. The Balaban J connectivity index is 1.09. The molecule has 0 saturated heterocycles. The number of hydrogen-bond acceptors (Lipinski definition) is 4. The van der Waals surface area contributed by atoms with Gasteiger partial charge >= 0.3 is 0 Å². The standard InChI is InChI=1S/C64H54N2O2/c1-37-21-9-15-27-49(37)65(50-28-16-10-22-38(50)2)53-35-48-58(62-59(53)41-25-13-19-31-55(41)68-62)44-34-45-43(33-46(44)64(48,7)8)57-47(63(45,5)6)36-54(61-60(57)42-26-14-20-32-56(42)67-61)66(51-29-17-11-23-39(51)3)52-30-18-12-24-40(52)4/h9-12,14-24,26-36H,13,25H2,1-8H3. The van der Waals surface area contributed by atoms with E-state index in [0.29, 0.717) is 0 Å². The molecule has 0 aliphatic heterocycles. The lowest BCUT2D eigenvalue weighted by Gasteiger charge is -2.31. The fourth-order valence-electron chi connectivity index (χ4n) is 12.3. The zero-order chi connectivity index (χ0) is 46.4. The number of allylic oxidation sites excluding steroid dienone is 1. The molecule has 4 nitrogen and oxygen atoms in total. The van der Waals surface area contributed by atoms with Crippen molar-refractivity contribution >= 4 is 73.1 Å². The summed E-state index contributed by atoms with van der Waals surface area (Å²) in [7, 11) is 0. The van der Waals surface area contributed by atoms with Gasteiger partial charge in [0, 0.05) is 60.9 Å². The van der Waals surface area contributed by atoms with Crippen LogP contribution in [0.15, 0.2) is 161 Å². The smallest absolute Gasteiger partial charge is 0.160 e. The van der Waals surface area contributed by atoms with Gasteiger partial charge in [0.25, 0.3) is 0 Å². The van der Waals surface area contributed by atoms with Crippen LogP contribution < -0.4 is 9.80 Å². The number of aryl methyl sites for hydroxylation is 5. The summed E-state index contributed by atoms with van der Waals surface area (Å²) in [6.07, 6.45) is 6.39. The van der Waals surface area contributed by atoms with Crippen molar-refractivity contribution in [2.24, 2.45) is 0 Å². The molecule has 0 fully saturated rings. The van der Waals surface area contributed by atoms with Gasteiger partial charge in [0.15, 0.2) is 5.58 Å². The summed E-state index contributed by atoms with van der Waals surface area (Å²) in [5.41, 5.74) is 25.3. The Hall–Kier alpha value is -7.56. The molecule has 10 aromatic rings. The lowest BCUT2D eigenvalue weighted by atomic mass is 9.79. The average Bonchev–Trinajstić information content (AvgIpc) is 4.04. The minimum atomic E-state index is -0.355. The number of furan rings is 2. The second-order valence-electron chi connectivity index (χ2n) is 20.5. The molecule has 0 bridgehead atoms. The predicted octanol–water partition coefficient (Wildman–Crippen LogP) is 18.1. The normalized spacial score (nSPS) is 14.8. The monoisotopic (exact) mass is 882 g/mol. The lowest BCUT2D eigenvalue weighted by Crippen LogP contribution is -2.18. The van der Waals surface area contributed by atoms with Crippen LogP contribution in [0.1, 0.15) is 89.9 Å². The molecule has 13 rings (SSSR count). The zero-order valence-electron chi connectivity index (χ0n) is 40.1. The highest BCUT2D eigenvalue weighted by Crippen LogP contribution is 2.62. The molecule has 2 aromatic heterocycles. The first kappa shape index (κ1) is 40.7. The lowest BCUT2D eigenvalue weighted by molar-refractivity contribution is 0.595. The summed E-state index contributed by atoms with van der Waals surface area (Å²) < 4.78 is 14.4. The molecular weight excluding hydrogens is 829 g/mol. The molecule has 8 aromatic carbocycles. The summed E-state index contributed by atoms with van der Waals surface area (Å²) in [5, 5.41) is 3.52. The molecule has 4 heteroatoms. The molecule has 2 heterocycles. The van der Waals surface area contributed by atoms with Gasteiger partial charge in [-0.25, -0.2) is 0 Å². The van der Waals surface area contributed by atoms with E-state index in [9.17, 15) is 0 Å². The summed E-state index contributed by atoms with van der Waals surface area (Å²) in [6, 6.07) is 53.7. The Bertz CT molecular complexity index is 3720. The van der Waals surface area contributed by atoms with Gasteiger partial charge in [0.1, 0.15) is 16.9 Å². The fourth-order valence-corrected chi connectivity index (χ4v) is 12.3. The van der Waals surface area contributed by atoms with Crippen LogP contribution >= 0.6 is 0 Å². The third-order valence-electron chi connectivity index (χ3n) is 15.8. The maximum atomic E-state index is 7.25. The van der Waals surface area contributed by atoms with Gasteiger partial charge in [-0.3, -0.25) is 0 Å². The van der Waals surface area contributed by atoms with E-state index in [2.05, 4.69) is 223 Å². The Morgan fingerprint density at radius 3 is 1.47 bits per heavy atom. The summed E-state index contributed by atoms with van der Waals surface area (Å²) in [4.78, 5) is 4.95. The van der Waals surface area contributed by atoms with Crippen LogP contribution in [0.2, 0.25) is 0 Å². The van der Waals surface area contributed by atoms with Crippen LogP contribution in [0.5, 0.6) is 0 Å². The number of para-hydroxylation sites is 5. The van der Waals surface area contributed by atoms with Crippen LogP contribution in [0.3, 0.4) is 0 Å². The zero-order valence-corrected chi connectivity index (χ0v) is 40.1. The average molecular weight is 883 g/mol. The van der Waals surface area contributed by atoms with Crippen LogP contribution in [0, 0.1) is 27.7 Å². The molecule has 3 aliphatic rings. The molecule has 0 amide bonds. The maximum Gasteiger partial charge on any atom is 0.160 e. The van der Waals surface area contributed by atoms with Crippen LogP contribution in [0.25, 0.3) is 61.2 Å². The van der Waals surface area contributed by atoms with Crippen LogP contribution in [-0.2, 0) is 17.3 Å². The van der Waals surface area contributed by atoms with E-state index >= 15 is 0 Å². The van der Waals surface area contributed by atoms with Crippen molar-refractivity contribution in [3.63, 3.8) is 0 Å². The molecule has 0 radical (unpaired) electrons. The highest BCUT2D eigenvalue weighted by Gasteiger charge is 2.46. The summed E-state index contributed by atoms with van der Waals surface area (Å²) in [5.74, 6) is 0.976. The molecule has 332 valence electrons. The minimum absolute atomic E-state index is 0.353. The molecule has 0 unspecified atom stereocenters. The molecule has 68 heavy (non-hydrogen) atoms. The highest BCUT2D eigenvalue weighted by atomic mass is 16.3. The second kappa shape index (κ2) is 14.5. The van der Waals surface area contributed by atoms with Crippen molar-refractivity contribution in [3.8, 4) is 22.3 Å².